The first kappa shape index (κ1) is 19.8. The number of amides is 2. The summed E-state index contributed by atoms with van der Waals surface area (Å²) in [4.78, 5) is 30.7. The Morgan fingerprint density at radius 1 is 1.15 bits per heavy atom. The number of hydrogen-bond donors (Lipinski definition) is 1. The van der Waals surface area contributed by atoms with E-state index in [0.717, 1.165) is 36.6 Å². The topological polar surface area (TPSA) is 62.3 Å². The maximum absolute atomic E-state index is 12.5. The van der Waals surface area contributed by atoms with Crippen LogP contribution in [0, 0.1) is 6.92 Å². The highest BCUT2D eigenvalue weighted by atomic mass is 32.1. The van der Waals surface area contributed by atoms with E-state index in [0.29, 0.717) is 11.3 Å². The van der Waals surface area contributed by atoms with Gasteiger partial charge in [-0.25, -0.2) is 4.98 Å². The van der Waals surface area contributed by atoms with E-state index in [9.17, 15) is 9.59 Å². The number of rotatable bonds is 8. The van der Waals surface area contributed by atoms with Crippen LogP contribution >= 0.6 is 11.3 Å². The molecule has 1 aromatic carbocycles. The minimum absolute atomic E-state index is 0.0328. The molecule has 0 bridgehead atoms. The monoisotopic (exact) mass is 371 g/mol. The maximum atomic E-state index is 12.5. The van der Waals surface area contributed by atoms with E-state index in [2.05, 4.69) is 24.1 Å². The van der Waals surface area contributed by atoms with E-state index in [1.54, 1.807) is 41.7 Å². The van der Waals surface area contributed by atoms with E-state index in [4.69, 9.17) is 0 Å². The lowest BCUT2D eigenvalue weighted by atomic mass is 10.1. The third kappa shape index (κ3) is 5.81. The number of anilines is 1. The van der Waals surface area contributed by atoms with Crippen molar-refractivity contribution >= 4 is 34.9 Å². The van der Waals surface area contributed by atoms with Crippen LogP contribution in [0.5, 0.6) is 0 Å². The highest BCUT2D eigenvalue weighted by molar-refractivity contribution is 7.09. The summed E-state index contributed by atoms with van der Waals surface area (Å²) in [5.41, 5.74) is 2.07. The smallest absolute Gasteiger partial charge is 0.253 e. The standard InChI is InChI=1S/C20H25N3O2S/c1-4-12-23(13-5-2)20(25)16-6-8-17(9-7-16)22-19(24)11-10-18-14-26-15(3)21-18/h6-11,14H,4-5,12-13H2,1-3H3,(H,22,24). The molecule has 0 unspecified atom stereocenters. The molecule has 5 nitrogen and oxygen atoms in total. The largest absolute Gasteiger partial charge is 0.339 e. The molecule has 0 saturated heterocycles. The Morgan fingerprint density at radius 2 is 1.81 bits per heavy atom. The molecule has 1 heterocycles. The first-order valence-electron chi connectivity index (χ1n) is 8.84. The van der Waals surface area contributed by atoms with Crippen LogP contribution in [0.1, 0.15) is 47.7 Å². The molecule has 1 N–H and O–H groups in total. The lowest BCUT2D eigenvalue weighted by molar-refractivity contribution is -0.111. The number of carbonyl (C=O) groups excluding carboxylic acids is 2. The average Bonchev–Trinajstić information content (AvgIpc) is 3.05. The van der Waals surface area contributed by atoms with E-state index in [1.165, 1.54) is 6.08 Å². The van der Waals surface area contributed by atoms with Gasteiger partial charge in [-0.15, -0.1) is 11.3 Å². The molecule has 0 radical (unpaired) electrons. The third-order valence-corrected chi connectivity index (χ3v) is 4.51. The summed E-state index contributed by atoms with van der Waals surface area (Å²) in [6.07, 6.45) is 5.01. The highest BCUT2D eigenvalue weighted by Gasteiger charge is 2.14. The van der Waals surface area contributed by atoms with E-state index >= 15 is 0 Å². The van der Waals surface area contributed by atoms with Gasteiger partial charge in [-0.2, -0.15) is 0 Å². The quantitative estimate of drug-likeness (QED) is 0.701. The molecule has 0 saturated carbocycles. The molecular formula is C20H25N3O2S. The lowest BCUT2D eigenvalue weighted by Crippen LogP contribution is -2.32. The molecule has 138 valence electrons. The van der Waals surface area contributed by atoms with Crippen LogP contribution in [0.3, 0.4) is 0 Å². The van der Waals surface area contributed by atoms with Crippen LogP contribution in [0.2, 0.25) is 0 Å². The predicted molar refractivity (Wildman–Crippen MR) is 107 cm³/mol. The summed E-state index contributed by atoms with van der Waals surface area (Å²) in [5.74, 6) is -0.196. The summed E-state index contributed by atoms with van der Waals surface area (Å²) in [6.45, 7) is 7.56. The highest BCUT2D eigenvalue weighted by Crippen LogP contribution is 2.13. The number of thiazole rings is 1. The second kappa shape index (κ2) is 9.87. The third-order valence-electron chi connectivity index (χ3n) is 3.72. The summed E-state index contributed by atoms with van der Waals surface area (Å²) in [6, 6.07) is 7.01. The molecule has 0 aliphatic heterocycles. The number of aromatic nitrogens is 1. The van der Waals surface area contributed by atoms with Gasteiger partial charge in [0, 0.05) is 35.8 Å². The first-order valence-corrected chi connectivity index (χ1v) is 9.72. The Bertz CT molecular complexity index is 760. The van der Waals surface area contributed by atoms with Crippen molar-refractivity contribution in [1.29, 1.82) is 0 Å². The Morgan fingerprint density at radius 3 is 2.35 bits per heavy atom. The van der Waals surface area contributed by atoms with Crippen molar-refractivity contribution in [3.8, 4) is 0 Å². The van der Waals surface area contributed by atoms with Gasteiger partial charge in [0.05, 0.1) is 10.7 Å². The molecule has 6 heteroatoms. The molecule has 2 rings (SSSR count). The molecular weight excluding hydrogens is 346 g/mol. The van der Waals surface area contributed by atoms with Gasteiger partial charge >= 0.3 is 0 Å². The number of benzene rings is 1. The maximum Gasteiger partial charge on any atom is 0.253 e. The zero-order valence-corrected chi connectivity index (χ0v) is 16.3. The normalized spacial score (nSPS) is 10.9. The summed E-state index contributed by atoms with van der Waals surface area (Å²) in [5, 5.41) is 5.65. The molecule has 0 fully saturated rings. The fourth-order valence-electron chi connectivity index (χ4n) is 2.54. The predicted octanol–water partition coefficient (Wildman–Crippen LogP) is 4.37. The molecule has 0 spiro atoms. The van der Waals surface area contributed by atoms with E-state index < -0.39 is 0 Å². The molecule has 0 aliphatic rings. The van der Waals surface area contributed by atoms with Gasteiger partial charge < -0.3 is 10.2 Å². The molecule has 0 atom stereocenters. The van der Waals surface area contributed by atoms with Gasteiger partial charge in [-0.05, 0) is 50.1 Å². The van der Waals surface area contributed by atoms with Crippen molar-refractivity contribution in [2.75, 3.05) is 18.4 Å². The average molecular weight is 372 g/mol. The number of aryl methyl sites for hydroxylation is 1. The van der Waals surface area contributed by atoms with Crippen molar-refractivity contribution in [2.45, 2.75) is 33.6 Å². The summed E-state index contributed by atoms with van der Waals surface area (Å²) in [7, 11) is 0. The van der Waals surface area contributed by atoms with Crippen molar-refractivity contribution in [1.82, 2.24) is 9.88 Å². The van der Waals surface area contributed by atoms with Crippen LogP contribution < -0.4 is 5.32 Å². The minimum atomic E-state index is -0.228. The molecule has 26 heavy (non-hydrogen) atoms. The van der Waals surface area contributed by atoms with E-state index in [-0.39, 0.29) is 11.8 Å². The SMILES string of the molecule is CCCN(CCC)C(=O)c1ccc(NC(=O)C=Cc2csc(C)n2)cc1. The molecule has 2 amide bonds. The molecule has 0 aliphatic carbocycles. The van der Waals surface area contributed by atoms with Crippen LogP contribution in [-0.2, 0) is 4.79 Å². The van der Waals surface area contributed by atoms with Gasteiger partial charge in [0.25, 0.3) is 5.91 Å². The fourth-order valence-corrected chi connectivity index (χ4v) is 3.12. The Balaban J connectivity index is 1.96. The van der Waals surface area contributed by atoms with Crippen LogP contribution in [0.15, 0.2) is 35.7 Å². The summed E-state index contributed by atoms with van der Waals surface area (Å²) >= 11 is 1.54. The van der Waals surface area contributed by atoms with Crippen LogP contribution in [-0.4, -0.2) is 34.8 Å². The van der Waals surface area contributed by atoms with Gasteiger partial charge in [0.1, 0.15) is 0 Å². The van der Waals surface area contributed by atoms with Crippen LogP contribution in [0.25, 0.3) is 6.08 Å². The van der Waals surface area contributed by atoms with Crippen molar-refractivity contribution < 1.29 is 9.59 Å². The minimum Gasteiger partial charge on any atom is -0.339 e. The number of hydrogen-bond acceptors (Lipinski definition) is 4. The van der Waals surface area contributed by atoms with Crippen molar-refractivity contribution in [3.63, 3.8) is 0 Å². The van der Waals surface area contributed by atoms with Crippen molar-refractivity contribution in [3.05, 3.63) is 52.0 Å². The molecule has 1 aromatic heterocycles. The number of carbonyl (C=O) groups is 2. The van der Waals surface area contributed by atoms with Gasteiger partial charge in [0.15, 0.2) is 0 Å². The molecule has 2 aromatic rings. The first-order chi connectivity index (χ1) is 12.5. The zero-order chi connectivity index (χ0) is 18.9. The Kier molecular flexibility index (Phi) is 7.53. The van der Waals surface area contributed by atoms with Crippen molar-refractivity contribution in [2.24, 2.45) is 0 Å². The second-order valence-electron chi connectivity index (χ2n) is 5.98. The van der Waals surface area contributed by atoms with Gasteiger partial charge in [-0.3, -0.25) is 9.59 Å². The Hall–Kier alpha value is -2.47. The van der Waals surface area contributed by atoms with E-state index in [1.807, 2.05) is 17.2 Å². The zero-order valence-electron chi connectivity index (χ0n) is 15.5. The number of nitrogens with zero attached hydrogens (tertiary/aromatic N) is 2. The number of nitrogens with one attached hydrogen (secondary N) is 1. The fraction of sp³-hybridized carbons (Fsp3) is 0.350. The summed E-state index contributed by atoms with van der Waals surface area (Å²) < 4.78 is 0. The second-order valence-corrected chi connectivity index (χ2v) is 7.05. The lowest BCUT2D eigenvalue weighted by Gasteiger charge is -2.21. The van der Waals surface area contributed by atoms with Gasteiger partial charge in [0.2, 0.25) is 5.91 Å². The van der Waals surface area contributed by atoms with Gasteiger partial charge in [-0.1, -0.05) is 13.8 Å². The van der Waals surface area contributed by atoms with Crippen LogP contribution in [0.4, 0.5) is 5.69 Å². The Labute approximate surface area is 158 Å².